The smallest absolute Gasteiger partial charge is 0.264 e. The Balaban J connectivity index is 1.58. The van der Waals surface area contributed by atoms with Crippen LogP contribution in [0.3, 0.4) is 0 Å². The predicted molar refractivity (Wildman–Crippen MR) is 146 cm³/mol. The minimum atomic E-state index is -4.08. The fourth-order valence-corrected chi connectivity index (χ4v) is 5.43. The number of pyridine rings is 1. The van der Waals surface area contributed by atoms with Crippen molar-refractivity contribution in [3.05, 3.63) is 94.1 Å². The molecule has 11 heteroatoms. The Bertz CT molecular complexity index is 1600. The first-order valence-corrected chi connectivity index (χ1v) is 13.2. The number of hydrogen-bond acceptors (Lipinski definition) is 6. The number of benzene rings is 3. The first-order chi connectivity index (χ1) is 17.7. The number of amides is 1. The Morgan fingerprint density at radius 3 is 2.57 bits per heavy atom. The summed E-state index contributed by atoms with van der Waals surface area (Å²) in [4.78, 5) is 17.2. The van der Waals surface area contributed by atoms with Gasteiger partial charge in [-0.15, -0.1) is 0 Å². The molecule has 190 valence electrons. The minimum Gasteiger partial charge on any atom is -0.497 e. The lowest BCUT2D eigenvalue weighted by Gasteiger charge is -2.25. The summed E-state index contributed by atoms with van der Waals surface area (Å²) in [6.45, 7) is 1.21. The van der Waals surface area contributed by atoms with E-state index >= 15 is 0 Å². The minimum absolute atomic E-state index is 0.0383. The number of nitrogens with zero attached hydrogens (tertiary/aromatic N) is 3. The zero-order chi connectivity index (χ0) is 26.6. The summed E-state index contributed by atoms with van der Waals surface area (Å²) in [5, 5.41) is 5.28. The Hall–Kier alpha value is -3.66. The van der Waals surface area contributed by atoms with Crippen LogP contribution < -0.4 is 14.5 Å². The molecule has 0 aliphatic rings. The van der Waals surface area contributed by atoms with Crippen molar-refractivity contribution in [3.8, 4) is 5.75 Å². The lowest BCUT2D eigenvalue weighted by Crippen LogP contribution is -2.40. The Kier molecular flexibility index (Phi) is 7.97. The van der Waals surface area contributed by atoms with Gasteiger partial charge >= 0.3 is 0 Å². The maximum atomic E-state index is 13.5. The van der Waals surface area contributed by atoms with E-state index in [4.69, 9.17) is 27.9 Å². The van der Waals surface area contributed by atoms with E-state index in [-0.39, 0.29) is 15.7 Å². The number of halogens is 2. The number of sulfonamides is 1. The van der Waals surface area contributed by atoms with Crippen LogP contribution in [0, 0.1) is 6.92 Å². The van der Waals surface area contributed by atoms with Crippen molar-refractivity contribution < 1.29 is 17.9 Å². The number of ether oxygens (including phenoxy) is 1. The molecule has 1 amide bonds. The predicted octanol–water partition coefficient (Wildman–Crippen LogP) is 5.20. The summed E-state index contributed by atoms with van der Waals surface area (Å²) in [7, 11) is -2.52. The maximum Gasteiger partial charge on any atom is 0.264 e. The number of methoxy groups -OCH3 is 1. The molecule has 0 fully saturated rings. The molecule has 37 heavy (non-hydrogen) atoms. The number of carbonyl (C=O) groups is 1. The zero-order valence-electron chi connectivity index (χ0n) is 19.9. The number of nitrogens with one attached hydrogen (secondary N) is 1. The van der Waals surface area contributed by atoms with Gasteiger partial charge in [-0.1, -0.05) is 47.5 Å². The molecule has 0 atom stereocenters. The number of rotatable bonds is 8. The first kappa shape index (κ1) is 26.4. The second-order valence-corrected chi connectivity index (χ2v) is 10.6. The van der Waals surface area contributed by atoms with Gasteiger partial charge in [-0.25, -0.2) is 18.8 Å². The molecular formula is C26H22Cl2N4O4S. The Labute approximate surface area is 224 Å². The second-order valence-electron chi connectivity index (χ2n) is 7.98. The number of hydrogen-bond donors (Lipinski definition) is 1. The quantitative estimate of drug-likeness (QED) is 0.182. The molecular weight excluding hydrogens is 535 g/mol. The summed E-state index contributed by atoms with van der Waals surface area (Å²) < 4.78 is 33.2. The van der Waals surface area contributed by atoms with Gasteiger partial charge in [-0.3, -0.25) is 9.10 Å². The number of hydrazone groups is 1. The third-order valence-electron chi connectivity index (χ3n) is 5.46. The fourth-order valence-electron chi connectivity index (χ4n) is 3.57. The Morgan fingerprint density at radius 2 is 1.84 bits per heavy atom. The van der Waals surface area contributed by atoms with Crippen LogP contribution in [-0.2, 0) is 14.8 Å². The summed E-state index contributed by atoms with van der Waals surface area (Å²) in [6.07, 6.45) is 1.34. The standard InChI is InChI=1S/C26H22Cl2N4O4S/c1-17-8-10-20(27)13-24(17)32(37(34,35)22-6-4-3-5-7-22)16-25(33)31-29-15-19-12-18-9-11-21(36-2)14-23(18)30-26(19)28/h3-15H,16H2,1-2H3,(H,31,33)/b29-15-. The van der Waals surface area contributed by atoms with Crippen LogP contribution in [0.2, 0.25) is 10.2 Å². The SMILES string of the molecule is COc1ccc2cc(/C=N\NC(=O)CN(c3cc(Cl)ccc3C)S(=O)(=O)c3ccccc3)c(Cl)nc2c1. The molecule has 4 rings (SSSR count). The van der Waals surface area contributed by atoms with Crippen molar-refractivity contribution in [3.63, 3.8) is 0 Å². The van der Waals surface area contributed by atoms with E-state index in [1.165, 1.54) is 24.4 Å². The molecule has 4 aromatic rings. The van der Waals surface area contributed by atoms with Gasteiger partial charge < -0.3 is 4.74 Å². The van der Waals surface area contributed by atoms with Gasteiger partial charge in [-0.2, -0.15) is 5.10 Å². The van der Waals surface area contributed by atoms with Crippen molar-refractivity contribution in [1.29, 1.82) is 0 Å². The summed E-state index contributed by atoms with van der Waals surface area (Å²) in [6, 6.07) is 19.8. The molecule has 1 N–H and O–H groups in total. The van der Waals surface area contributed by atoms with Gasteiger partial charge in [0, 0.05) is 22.0 Å². The van der Waals surface area contributed by atoms with E-state index in [1.54, 1.807) is 62.6 Å². The second kappa shape index (κ2) is 11.2. The number of carbonyl (C=O) groups excluding carboxylic acids is 1. The van der Waals surface area contributed by atoms with Crippen molar-refractivity contribution in [1.82, 2.24) is 10.4 Å². The highest BCUT2D eigenvalue weighted by Crippen LogP contribution is 2.29. The zero-order valence-corrected chi connectivity index (χ0v) is 22.2. The van der Waals surface area contributed by atoms with E-state index < -0.39 is 22.5 Å². The molecule has 3 aromatic carbocycles. The number of aryl methyl sites for hydroxylation is 1. The monoisotopic (exact) mass is 556 g/mol. The molecule has 0 saturated heterocycles. The largest absolute Gasteiger partial charge is 0.497 e. The topological polar surface area (TPSA) is 101 Å². The van der Waals surface area contributed by atoms with Gasteiger partial charge in [0.25, 0.3) is 15.9 Å². The van der Waals surface area contributed by atoms with Crippen molar-refractivity contribution in [2.45, 2.75) is 11.8 Å². The number of anilines is 1. The third kappa shape index (κ3) is 6.02. The van der Waals surface area contributed by atoms with Crippen LogP contribution >= 0.6 is 23.2 Å². The molecule has 0 unspecified atom stereocenters. The van der Waals surface area contributed by atoms with Crippen LogP contribution in [0.15, 0.2) is 82.8 Å². The van der Waals surface area contributed by atoms with Gasteiger partial charge in [0.05, 0.1) is 29.4 Å². The van der Waals surface area contributed by atoms with E-state index in [2.05, 4.69) is 15.5 Å². The number of aromatic nitrogens is 1. The van der Waals surface area contributed by atoms with Crippen molar-refractivity contribution in [2.24, 2.45) is 5.10 Å². The first-order valence-electron chi connectivity index (χ1n) is 11.0. The molecule has 0 radical (unpaired) electrons. The van der Waals surface area contributed by atoms with Crippen LogP contribution in [-0.4, -0.2) is 39.2 Å². The van der Waals surface area contributed by atoms with Crippen LogP contribution in [0.1, 0.15) is 11.1 Å². The highest BCUT2D eigenvalue weighted by molar-refractivity contribution is 7.92. The summed E-state index contributed by atoms with van der Waals surface area (Å²) in [5.74, 6) is -0.0144. The average molecular weight is 557 g/mol. The Morgan fingerprint density at radius 1 is 1.08 bits per heavy atom. The van der Waals surface area contributed by atoms with Gasteiger partial charge in [-0.05, 0) is 55.0 Å². The van der Waals surface area contributed by atoms with E-state index in [9.17, 15) is 13.2 Å². The lowest BCUT2D eigenvalue weighted by atomic mass is 10.1. The fraction of sp³-hybridized carbons (Fsp3) is 0.115. The lowest BCUT2D eigenvalue weighted by molar-refractivity contribution is -0.119. The molecule has 0 saturated carbocycles. The van der Waals surface area contributed by atoms with Gasteiger partial charge in [0.1, 0.15) is 17.4 Å². The van der Waals surface area contributed by atoms with Crippen LogP contribution in [0.4, 0.5) is 5.69 Å². The molecule has 1 heterocycles. The van der Waals surface area contributed by atoms with Crippen LogP contribution in [0.5, 0.6) is 5.75 Å². The molecule has 0 aliphatic carbocycles. The number of fused-ring (bicyclic) bond motifs is 1. The molecule has 0 spiro atoms. The molecule has 1 aromatic heterocycles. The van der Waals surface area contributed by atoms with E-state index in [0.29, 0.717) is 27.4 Å². The maximum absolute atomic E-state index is 13.5. The molecule has 8 nitrogen and oxygen atoms in total. The normalized spacial score (nSPS) is 11.6. The molecule has 0 bridgehead atoms. The molecule has 0 aliphatic heterocycles. The van der Waals surface area contributed by atoms with Crippen LogP contribution in [0.25, 0.3) is 10.9 Å². The summed E-state index contributed by atoms with van der Waals surface area (Å²) in [5.41, 5.74) is 4.40. The van der Waals surface area contributed by atoms with E-state index in [0.717, 1.165) is 9.69 Å². The third-order valence-corrected chi connectivity index (χ3v) is 7.77. The van der Waals surface area contributed by atoms with Gasteiger partial charge in [0.2, 0.25) is 0 Å². The summed E-state index contributed by atoms with van der Waals surface area (Å²) >= 11 is 12.4. The highest BCUT2D eigenvalue weighted by Gasteiger charge is 2.28. The highest BCUT2D eigenvalue weighted by atomic mass is 35.5. The van der Waals surface area contributed by atoms with Gasteiger partial charge in [0.15, 0.2) is 0 Å². The average Bonchev–Trinajstić information content (AvgIpc) is 2.89. The van der Waals surface area contributed by atoms with E-state index in [1.807, 2.05) is 6.07 Å². The van der Waals surface area contributed by atoms with Crippen molar-refractivity contribution >= 4 is 61.9 Å². The van der Waals surface area contributed by atoms with Crippen molar-refractivity contribution in [2.75, 3.05) is 18.0 Å².